The molecule has 144 valence electrons. The van der Waals surface area contributed by atoms with Crippen molar-refractivity contribution in [2.24, 2.45) is 11.7 Å². The predicted molar refractivity (Wildman–Crippen MR) is 97.5 cm³/mol. The van der Waals surface area contributed by atoms with Crippen molar-refractivity contribution in [1.29, 1.82) is 0 Å². The highest BCUT2D eigenvalue weighted by molar-refractivity contribution is 6.01. The van der Waals surface area contributed by atoms with E-state index in [-0.39, 0.29) is 24.1 Å². The second-order valence-corrected chi connectivity index (χ2v) is 6.48. The number of hydrogen-bond donors (Lipinski definition) is 2. The van der Waals surface area contributed by atoms with Gasteiger partial charge in [-0.15, -0.1) is 0 Å². The second kappa shape index (κ2) is 7.77. The third-order valence-corrected chi connectivity index (χ3v) is 4.92. The van der Waals surface area contributed by atoms with Gasteiger partial charge in [-0.25, -0.2) is 9.37 Å². The number of fused-ring (bicyclic) bond motifs is 1. The summed E-state index contributed by atoms with van der Waals surface area (Å²) in [5.41, 5.74) is 5.66. The summed E-state index contributed by atoms with van der Waals surface area (Å²) in [5, 5.41) is 4.09. The van der Waals surface area contributed by atoms with Crippen molar-refractivity contribution in [3.8, 4) is 11.6 Å². The highest BCUT2D eigenvalue weighted by Crippen LogP contribution is 2.31. The molecule has 0 saturated carbocycles. The third-order valence-electron chi connectivity index (χ3n) is 4.92. The Morgan fingerprint density at radius 1 is 1.41 bits per heavy atom. The van der Waals surface area contributed by atoms with Crippen LogP contribution in [0.2, 0.25) is 0 Å². The Morgan fingerprint density at radius 3 is 2.85 bits per heavy atom. The topological polar surface area (TPSA) is 104 Å². The molecule has 2 aromatic rings. The van der Waals surface area contributed by atoms with Gasteiger partial charge in [0.15, 0.2) is 6.17 Å². The summed E-state index contributed by atoms with van der Waals surface area (Å²) in [6, 6.07) is 4.76. The van der Waals surface area contributed by atoms with E-state index in [1.165, 1.54) is 7.11 Å². The summed E-state index contributed by atoms with van der Waals surface area (Å²) in [6.07, 6.45) is 1.15. The lowest BCUT2D eigenvalue weighted by molar-refractivity contribution is -0.123. The molecule has 0 aliphatic carbocycles. The molecule has 0 spiro atoms. The zero-order valence-corrected chi connectivity index (χ0v) is 15.2. The van der Waals surface area contributed by atoms with Crippen LogP contribution in [0.5, 0.6) is 11.6 Å². The molecule has 0 unspecified atom stereocenters. The van der Waals surface area contributed by atoms with Crippen LogP contribution >= 0.6 is 0 Å². The Bertz CT molecular complexity index is 873. The van der Waals surface area contributed by atoms with Crippen LogP contribution in [0.25, 0.3) is 10.8 Å². The van der Waals surface area contributed by atoms with Crippen LogP contribution < -0.4 is 20.5 Å². The molecule has 0 bridgehead atoms. The number of aromatic nitrogens is 1. The smallest absolute Gasteiger partial charge is 0.255 e. The number of benzene rings is 1. The Morgan fingerprint density at radius 2 is 2.19 bits per heavy atom. The van der Waals surface area contributed by atoms with Gasteiger partial charge in [-0.05, 0) is 30.0 Å². The number of halogens is 1. The molecule has 1 aromatic heterocycles. The maximum atomic E-state index is 13.9. The number of rotatable bonds is 7. The van der Waals surface area contributed by atoms with Crippen LogP contribution in [0.1, 0.15) is 30.1 Å². The number of alkyl halides is 1. The Balaban J connectivity index is 1.77. The molecule has 3 rings (SSSR count). The number of nitrogens with one attached hydrogen (secondary N) is 1. The van der Waals surface area contributed by atoms with Gasteiger partial charge >= 0.3 is 0 Å². The van der Waals surface area contributed by atoms with Gasteiger partial charge in [0.1, 0.15) is 5.75 Å². The van der Waals surface area contributed by atoms with E-state index in [9.17, 15) is 14.0 Å². The molecule has 1 aromatic carbocycles. The Kier molecular flexibility index (Phi) is 5.43. The van der Waals surface area contributed by atoms with E-state index in [1.807, 2.05) is 6.92 Å². The van der Waals surface area contributed by atoms with Crippen molar-refractivity contribution < 1.29 is 23.5 Å². The summed E-state index contributed by atoms with van der Waals surface area (Å²) in [4.78, 5) is 27.3. The number of pyridine rings is 1. The average Bonchev–Trinajstić information content (AvgIpc) is 2.93. The van der Waals surface area contributed by atoms with Crippen molar-refractivity contribution in [1.82, 2.24) is 10.3 Å². The zero-order valence-electron chi connectivity index (χ0n) is 15.2. The first-order valence-corrected chi connectivity index (χ1v) is 8.80. The Hall–Kier alpha value is -2.90. The molecule has 8 heteroatoms. The third kappa shape index (κ3) is 3.65. The minimum atomic E-state index is -1.47. The highest BCUT2D eigenvalue weighted by Gasteiger charge is 2.41. The number of ether oxygens (including phenoxy) is 2. The summed E-state index contributed by atoms with van der Waals surface area (Å²) in [6.45, 7) is 2.13. The fourth-order valence-corrected chi connectivity index (χ4v) is 3.48. The predicted octanol–water partition coefficient (Wildman–Crippen LogP) is 1.97. The molecular weight excluding hydrogens is 353 g/mol. The van der Waals surface area contributed by atoms with Gasteiger partial charge in [0.2, 0.25) is 5.88 Å². The molecular formula is C19H22FN3O4. The van der Waals surface area contributed by atoms with E-state index in [4.69, 9.17) is 15.2 Å². The molecule has 1 aliphatic rings. The van der Waals surface area contributed by atoms with E-state index >= 15 is 0 Å². The van der Waals surface area contributed by atoms with Gasteiger partial charge in [0.05, 0.1) is 19.3 Å². The molecule has 27 heavy (non-hydrogen) atoms. The van der Waals surface area contributed by atoms with E-state index in [0.29, 0.717) is 29.9 Å². The van der Waals surface area contributed by atoms with Gasteiger partial charge in [-0.2, -0.15) is 0 Å². The average molecular weight is 375 g/mol. The van der Waals surface area contributed by atoms with Gasteiger partial charge in [0.25, 0.3) is 11.8 Å². The quantitative estimate of drug-likeness (QED) is 0.770. The number of primary amides is 1. The van der Waals surface area contributed by atoms with Crippen LogP contribution in [0.15, 0.2) is 24.4 Å². The fourth-order valence-electron chi connectivity index (χ4n) is 3.48. The number of nitrogens with two attached hydrogens (primary N) is 1. The molecule has 1 saturated heterocycles. The number of carbonyl (C=O) groups excluding carboxylic acids is 2. The summed E-state index contributed by atoms with van der Waals surface area (Å²) < 4.78 is 24.9. The standard InChI is InChI=1S/C19H22FN3O4/c1-3-11-14(23-18(25)16(11)20)5-7-27-19-12-9-15(26-2)13(17(21)24)8-10(12)4-6-22-19/h4,6,8-9,11,14,16H,3,5,7H2,1-2H3,(H2,21,24)(H,23,25)/t11-,14+,16-/m0/s1. The van der Waals surface area contributed by atoms with Crippen molar-refractivity contribution in [3.05, 3.63) is 30.0 Å². The van der Waals surface area contributed by atoms with E-state index in [0.717, 1.165) is 5.39 Å². The normalized spacial score (nSPS) is 21.9. The van der Waals surface area contributed by atoms with Crippen LogP contribution in [0, 0.1) is 5.92 Å². The molecule has 2 amide bonds. The minimum absolute atomic E-state index is 0.261. The van der Waals surface area contributed by atoms with Crippen LogP contribution in [-0.4, -0.2) is 42.7 Å². The molecule has 3 atom stereocenters. The maximum absolute atomic E-state index is 13.9. The SMILES string of the molecule is CC[C@@H]1[C@H](F)C(=O)N[C@@H]1CCOc1nccc2cc(C(N)=O)c(OC)cc12. The monoisotopic (exact) mass is 375 g/mol. The molecule has 2 heterocycles. The van der Waals surface area contributed by atoms with Crippen molar-refractivity contribution in [2.45, 2.75) is 32.0 Å². The fraction of sp³-hybridized carbons (Fsp3) is 0.421. The van der Waals surface area contributed by atoms with E-state index < -0.39 is 18.0 Å². The lowest BCUT2D eigenvalue weighted by Gasteiger charge is -2.18. The number of amides is 2. The Labute approximate surface area is 156 Å². The first kappa shape index (κ1) is 18.9. The second-order valence-electron chi connectivity index (χ2n) is 6.48. The summed E-state index contributed by atoms with van der Waals surface area (Å²) >= 11 is 0. The first-order valence-electron chi connectivity index (χ1n) is 8.80. The first-order chi connectivity index (χ1) is 13.0. The summed E-state index contributed by atoms with van der Waals surface area (Å²) in [5.74, 6) is -0.784. The van der Waals surface area contributed by atoms with Crippen molar-refractivity contribution >= 4 is 22.6 Å². The van der Waals surface area contributed by atoms with Crippen molar-refractivity contribution in [3.63, 3.8) is 0 Å². The van der Waals surface area contributed by atoms with Gasteiger partial charge in [-0.1, -0.05) is 6.92 Å². The lowest BCUT2D eigenvalue weighted by atomic mass is 9.94. The number of nitrogens with zero attached hydrogens (tertiary/aromatic N) is 1. The number of hydrogen-bond acceptors (Lipinski definition) is 5. The number of methoxy groups -OCH3 is 1. The van der Waals surface area contributed by atoms with E-state index in [1.54, 1.807) is 24.4 Å². The largest absolute Gasteiger partial charge is 0.496 e. The highest BCUT2D eigenvalue weighted by atomic mass is 19.1. The number of carbonyl (C=O) groups is 2. The summed E-state index contributed by atoms with van der Waals surface area (Å²) in [7, 11) is 1.45. The van der Waals surface area contributed by atoms with Gasteiger partial charge in [-0.3, -0.25) is 9.59 Å². The minimum Gasteiger partial charge on any atom is -0.496 e. The lowest BCUT2D eigenvalue weighted by Crippen LogP contribution is -2.30. The molecule has 3 N–H and O–H groups in total. The zero-order chi connectivity index (χ0) is 19.6. The van der Waals surface area contributed by atoms with Crippen molar-refractivity contribution in [2.75, 3.05) is 13.7 Å². The van der Waals surface area contributed by atoms with E-state index in [2.05, 4.69) is 10.3 Å². The molecule has 0 radical (unpaired) electrons. The molecule has 7 nitrogen and oxygen atoms in total. The van der Waals surface area contributed by atoms with Gasteiger partial charge in [0, 0.05) is 30.0 Å². The molecule has 1 fully saturated rings. The molecule has 1 aliphatic heterocycles. The van der Waals surface area contributed by atoms with Gasteiger partial charge < -0.3 is 20.5 Å². The van der Waals surface area contributed by atoms with Crippen LogP contribution in [-0.2, 0) is 4.79 Å². The van der Waals surface area contributed by atoms with Crippen LogP contribution in [0.4, 0.5) is 4.39 Å². The van der Waals surface area contributed by atoms with Crippen LogP contribution in [0.3, 0.4) is 0 Å². The maximum Gasteiger partial charge on any atom is 0.255 e.